The summed E-state index contributed by atoms with van der Waals surface area (Å²) in [6, 6.07) is 14.0. The highest BCUT2D eigenvalue weighted by atomic mass is 32.2. The number of furan rings is 1. The fraction of sp³-hybridized carbons (Fsp3) is 0.353. The molecule has 0 bridgehead atoms. The lowest BCUT2D eigenvalue weighted by Gasteiger charge is -2.15. The number of nitrogens with zero attached hydrogens (tertiary/aromatic N) is 1. The van der Waals surface area contributed by atoms with E-state index in [4.69, 9.17) is 4.42 Å². The van der Waals surface area contributed by atoms with Gasteiger partial charge in [-0.15, -0.1) is 11.8 Å². The van der Waals surface area contributed by atoms with Gasteiger partial charge in [0, 0.05) is 23.7 Å². The summed E-state index contributed by atoms with van der Waals surface area (Å²) in [5.41, 5.74) is 0. The predicted molar refractivity (Wildman–Crippen MR) is 84.6 cm³/mol. The normalized spacial score (nSPS) is 18.1. The van der Waals surface area contributed by atoms with Crippen molar-refractivity contribution < 1.29 is 9.21 Å². The monoisotopic (exact) mass is 301 g/mol. The number of hydrogen-bond acceptors (Lipinski definition) is 3. The SMILES string of the molecule is Cc1ccc(C(=O)N2CC[C@H](CSc3ccccc3)C2)o1. The van der Waals surface area contributed by atoms with Crippen molar-refractivity contribution in [3.63, 3.8) is 0 Å². The maximum absolute atomic E-state index is 12.3. The van der Waals surface area contributed by atoms with Crippen molar-refractivity contribution in [1.29, 1.82) is 0 Å². The van der Waals surface area contributed by atoms with Crippen LogP contribution in [0.2, 0.25) is 0 Å². The quantitative estimate of drug-likeness (QED) is 0.804. The molecule has 110 valence electrons. The Balaban J connectivity index is 1.52. The molecule has 1 saturated heterocycles. The molecule has 3 nitrogen and oxygen atoms in total. The van der Waals surface area contributed by atoms with Gasteiger partial charge in [0.2, 0.25) is 0 Å². The Morgan fingerprint density at radius 3 is 2.81 bits per heavy atom. The number of aryl methyl sites for hydroxylation is 1. The Labute approximate surface area is 129 Å². The molecular weight excluding hydrogens is 282 g/mol. The molecule has 1 aliphatic rings. The number of rotatable bonds is 4. The third-order valence-electron chi connectivity index (χ3n) is 3.75. The fourth-order valence-electron chi connectivity index (χ4n) is 2.59. The van der Waals surface area contributed by atoms with E-state index in [1.54, 1.807) is 6.07 Å². The largest absolute Gasteiger partial charge is 0.456 e. The summed E-state index contributed by atoms with van der Waals surface area (Å²) >= 11 is 1.87. The zero-order chi connectivity index (χ0) is 14.7. The Morgan fingerprint density at radius 2 is 2.10 bits per heavy atom. The molecule has 1 fully saturated rings. The maximum atomic E-state index is 12.3. The van der Waals surface area contributed by atoms with Gasteiger partial charge < -0.3 is 9.32 Å². The summed E-state index contributed by atoms with van der Waals surface area (Å²) in [7, 11) is 0. The lowest BCUT2D eigenvalue weighted by atomic mass is 10.2. The molecule has 0 N–H and O–H groups in total. The molecule has 0 spiro atoms. The summed E-state index contributed by atoms with van der Waals surface area (Å²) in [6.45, 7) is 3.52. The van der Waals surface area contributed by atoms with Crippen LogP contribution in [0.4, 0.5) is 0 Å². The number of benzene rings is 1. The van der Waals surface area contributed by atoms with Crippen molar-refractivity contribution >= 4 is 17.7 Å². The first-order valence-corrected chi connectivity index (χ1v) is 8.24. The van der Waals surface area contributed by atoms with Gasteiger partial charge in [0.25, 0.3) is 5.91 Å². The first-order valence-electron chi connectivity index (χ1n) is 7.26. The van der Waals surface area contributed by atoms with E-state index in [-0.39, 0.29) is 5.91 Å². The maximum Gasteiger partial charge on any atom is 0.289 e. The molecule has 1 aliphatic heterocycles. The molecule has 0 radical (unpaired) electrons. The van der Waals surface area contributed by atoms with Crippen molar-refractivity contribution in [3.8, 4) is 0 Å². The zero-order valence-corrected chi connectivity index (χ0v) is 12.9. The van der Waals surface area contributed by atoms with Gasteiger partial charge in [-0.3, -0.25) is 4.79 Å². The van der Waals surface area contributed by atoms with E-state index in [1.165, 1.54) is 4.90 Å². The van der Waals surface area contributed by atoms with Crippen molar-refractivity contribution in [1.82, 2.24) is 4.90 Å². The summed E-state index contributed by atoms with van der Waals surface area (Å²) < 4.78 is 5.43. The molecular formula is C17H19NO2S. The number of amides is 1. The first-order chi connectivity index (χ1) is 10.2. The molecule has 1 aromatic carbocycles. The molecule has 0 saturated carbocycles. The molecule has 1 atom stereocenters. The Hall–Kier alpha value is -1.68. The van der Waals surface area contributed by atoms with Gasteiger partial charge in [-0.25, -0.2) is 0 Å². The van der Waals surface area contributed by atoms with Crippen LogP contribution in [0.25, 0.3) is 0 Å². The van der Waals surface area contributed by atoms with E-state index in [0.29, 0.717) is 11.7 Å². The average molecular weight is 301 g/mol. The van der Waals surface area contributed by atoms with Gasteiger partial charge in [0.1, 0.15) is 5.76 Å². The van der Waals surface area contributed by atoms with Gasteiger partial charge >= 0.3 is 0 Å². The van der Waals surface area contributed by atoms with Crippen LogP contribution in [0.5, 0.6) is 0 Å². The van der Waals surface area contributed by atoms with Crippen LogP contribution in [0.3, 0.4) is 0 Å². The Bertz CT molecular complexity index is 608. The van der Waals surface area contributed by atoms with E-state index < -0.39 is 0 Å². The molecule has 3 rings (SSSR count). The molecule has 21 heavy (non-hydrogen) atoms. The second-order valence-corrected chi connectivity index (χ2v) is 6.53. The van der Waals surface area contributed by atoms with Crippen molar-refractivity contribution in [2.24, 2.45) is 5.92 Å². The molecule has 0 unspecified atom stereocenters. The topological polar surface area (TPSA) is 33.5 Å². The number of carbonyl (C=O) groups excluding carboxylic acids is 1. The van der Waals surface area contributed by atoms with Crippen molar-refractivity contribution in [3.05, 3.63) is 54.0 Å². The second kappa shape index (κ2) is 6.39. The minimum Gasteiger partial charge on any atom is -0.456 e. The van der Waals surface area contributed by atoms with Crippen LogP contribution in [0.15, 0.2) is 51.8 Å². The lowest BCUT2D eigenvalue weighted by Crippen LogP contribution is -2.28. The highest BCUT2D eigenvalue weighted by molar-refractivity contribution is 7.99. The number of carbonyl (C=O) groups is 1. The molecule has 0 aliphatic carbocycles. The minimum absolute atomic E-state index is 0.0234. The smallest absolute Gasteiger partial charge is 0.289 e. The van der Waals surface area contributed by atoms with Crippen molar-refractivity contribution in [2.45, 2.75) is 18.2 Å². The molecule has 2 aromatic rings. The number of hydrogen-bond donors (Lipinski definition) is 0. The summed E-state index contributed by atoms with van der Waals surface area (Å²) in [4.78, 5) is 15.5. The highest BCUT2D eigenvalue weighted by Crippen LogP contribution is 2.26. The minimum atomic E-state index is 0.0234. The number of thioether (sulfide) groups is 1. The summed E-state index contributed by atoms with van der Waals surface area (Å²) in [5, 5.41) is 0. The van der Waals surface area contributed by atoms with Gasteiger partial charge in [-0.2, -0.15) is 0 Å². The summed E-state index contributed by atoms with van der Waals surface area (Å²) in [6.07, 6.45) is 1.07. The molecule has 4 heteroatoms. The van der Waals surface area contributed by atoms with E-state index in [2.05, 4.69) is 24.3 Å². The molecule has 1 amide bonds. The average Bonchev–Trinajstić information content (AvgIpc) is 3.14. The Morgan fingerprint density at radius 1 is 1.29 bits per heavy atom. The van der Waals surface area contributed by atoms with Gasteiger partial charge in [-0.05, 0) is 43.5 Å². The van der Waals surface area contributed by atoms with Gasteiger partial charge in [0.05, 0.1) is 0 Å². The van der Waals surface area contributed by atoms with E-state index in [0.717, 1.165) is 31.0 Å². The van der Waals surface area contributed by atoms with Crippen LogP contribution in [-0.2, 0) is 0 Å². The number of likely N-dealkylation sites (tertiary alicyclic amines) is 1. The molecule has 2 heterocycles. The fourth-order valence-corrected chi connectivity index (χ4v) is 3.64. The third kappa shape index (κ3) is 3.50. The third-order valence-corrected chi connectivity index (χ3v) is 5.00. The first kappa shape index (κ1) is 14.3. The van der Waals surface area contributed by atoms with Crippen LogP contribution in [-0.4, -0.2) is 29.6 Å². The van der Waals surface area contributed by atoms with Crippen LogP contribution in [0.1, 0.15) is 22.7 Å². The highest BCUT2D eigenvalue weighted by Gasteiger charge is 2.28. The predicted octanol–water partition coefficient (Wildman–Crippen LogP) is 3.84. The van der Waals surface area contributed by atoms with Crippen LogP contribution >= 0.6 is 11.8 Å². The van der Waals surface area contributed by atoms with Crippen molar-refractivity contribution in [2.75, 3.05) is 18.8 Å². The van der Waals surface area contributed by atoms with E-state index in [1.807, 2.05) is 35.7 Å². The van der Waals surface area contributed by atoms with E-state index in [9.17, 15) is 4.79 Å². The lowest BCUT2D eigenvalue weighted by molar-refractivity contribution is 0.0755. The van der Waals surface area contributed by atoms with E-state index >= 15 is 0 Å². The standard InChI is InChI=1S/C17H19NO2S/c1-13-7-8-16(20-13)17(19)18-10-9-14(11-18)12-21-15-5-3-2-4-6-15/h2-8,14H,9-12H2,1H3/t14-/m0/s1. The van der Waals surface area contributed by atoms with Gasteiger partial charge in [0.15, 0.2) is 5.76 Å². The zero-order valence-electron chi connectivity index (χ0n) is 12.1. The Kier molecular flexibility index (Phi) is 4.34. The van der Waals surface area contributed by atoms with Gasteiger partial charge in [-0.1, -0.05) is 18.2 Å². The second-order valence-electron chi connectivity index (χ2n) is 5.44. The molecule has 1 aromatic heterocycles. The van der Waals surface area contributed by atoms with Crippen LogP contribution in [0, 0.1) is 12.8 Å². The van der Waals surface area contributed by atoms with Crippen LogP contribution < -0.4 is 0 Å². The summed E-state index contributed by atoms with van der Waals surface area (Å²) in [5.74, 6) is 2.90.